The number of rotatable bonds is 1. The largest absolute Gasteiger partial charge is 0.393 e. The molecule has 0 spiro atoms. The van der Waals surface area contributed by atoms with E-state index in [0.29, 0.717) is 0 Å². The lowest BCUT2D eigenvalue weighted by Gasteiger charge is -1.92. The summed E-state index contributed by atoms with van der Waals surface area (Å²) in [5.41, 5.74) is 5.44. The molecule has 2 N–H and O–H groups in total. The van der Waals surface area contributed by atoms with Gasteiger partial charge in [0.05, 0.1) is 13.3 Å². The second-order valence-electron chi connectivity index (χ2n) is 1.82. The normalized spacial score (nSPS) is 8.36. The first kappa shape index (κ1) is 9.48. The van der Waals surface area contributed by atoms with Crippen LogP contribution >= 0.6 is 0 Å². The summed E-state index contributed by atoms with van der Waals surface area (Å²) in [6.45, 7) is 0. The van der Waals surface area contributed by atoms with E-state index in [4.69, 9.17) is 5.73 Å². The molecule has 0 radical (unpaired) electrons. The van der Waals surface area contributed by atoms with Crippen LogP contribution in [0.15, 0.2) is 24.3 Å². The summed E-state index contributed by atoms with van der Waals surface area (Å²) < 4.78 is 0. The second kappa shape index (κ2) is 3.60. The van der Waals surface area contributed by atoms with Crippen molar-refractivity contribution in [2.45, 2.75) is 0 Å². The Morgan fingerprint density at radius 2 is 1.91 bits per heavy atom. The molecular formula is C6H9BN2O2. The van der Waals surface area contributed by atoms with Crippen LogP contribution in [0.1, 0.15) is 0 Å². The van der Waals surface area contributed by atoms with Crippen molar-refractivity contribution in [2.75, 3.05) is 5.73 Å². The van der Waals surface area contributed by atoms with Crippen molar-refractivity contribution in [1.29, 1.82) is 0 Å². The van der Waals surface area contributed by atoms with Crippen LogP contribution in [0, 0.1) is 10.1 Å². The van der Waals surface area contributed by atoms with Gasteiger partial charge in [-0.2, -0.15) is 0 Å². The van der Waals surface area contributed by atoms with Crippen LogP contribution in [0.3, 0.4) is 0 Å². The molecule has 0 aliphatic carbocycles. The zero-order chi connectivity index (χ0) is 7.56. The highest BCUT2D eigenvalue weighted by atomic mass is 16.6. The highest BCUT2D eigenvalue weighted by Crippen LogP contribution is 2.18. The molecule has 0 aromatic heterocycles. The fourth-order valence-electron chi connectivity index (χ4n) is 0.654. The van der Waals surface area contributed by atoms with Gasteiger partial charge in [0.2, 0.25) is 0 Å². The minimum Gasteiger partial charge on any atom is -0.393 e. The molecule has 0 aliphatic rings. The summed E-state index contributed by atoms with van der Waals surface area (Å²) in [7, 11) is 0. The summed E-state index contributed by atoms with van der Waals surface area (Å²) in [4.78, 5) is 9.64. The molecule has 11 heavy (non-hydrogen) atoms. The molecule has 1 aromatic rings. The van der Waals surface area contributed by atoms with Crippen molar-refractivity contribution in [2.24, 2.45) is 0 Å². The Morgan fingerprint density at radius 3 is 2.27 bits per heavy atom. The van der Waals surface area contributed by atoms with Crippen LogP contribution in [-0.2, 0) is 0 Å². The quantitative estimate of drug-likeness (QED) is 0.266. The van der Waals surface area contributed by atoms with E-state index in [2.05, 4.69) is 0 Å². The molecule has 5 heteroatoms. The summed E-state index contributed by atoms with van der Waals surface area (Å²) in [5, 5.41) is 10.1. The first-order valence-electron chi connectivity index (χ1n) is 2.70. The van der Waals surface area contributed by atoms with Gasteiger partial charge >= 0.3 is 0 Å². The average Bonchev–Trinajstić information content (AvgIpc) is 1.88. The van der Waals surface area contributed by atoms with E-state index < -0.39 is 4.92 Å². The van der Waals surface area contributed by atoms with Gasteiger partial charge in [-0.05, 0) is 6.07 Å². The molecule has 0 bridgehead atoms. The Morgan fingerprint density at radius 1 is 1.36 bits per heavy atom. The van der Waals surface area contributed by atoms with Crippen LogP contribution in [0.4, 0.5) is 11.4 Å². The SMILES string of the molecule is B.Nc1ccccc1[N+](=O)[O-]. The van der Waals surface area contributed by atoms with Crippen LogP contribution in [-0.4, -0.2) is 13.3 Å². The van der Waals surface area contributed by atoms with Crippen molar-refractivity contribution in [1.82, 2.24) is 0 Å². The lowest BCUT2D eigenvalue weighted by atomic mass is 10.3. The zero-order valence-corrected chi connectivity index (χ0v) is 5.15. The molecule has 0 unspecified atom stereocenters. The van der Waals surface area contributed by atoms with Gasteiger partial charge in [-0.1, -0.05) is 12.1 Å². The van der Waals surface area contributed by atoms with Gasteiger partial charge in [0, 0.05) is 6.07 Å². The fourth-order valence-corrected chi connectivity index (χ4v) is 0.654. The van der Waals surface area contributed by atoms with Crippen molar-refractivity contribution in [3.8, 4) is 0 Å². The van der Waals surface area contributed by atoms with Crippen LogP contribution in [0.2, 0.25) is 0 Å². The van der Waals surface area contributed by atoms with E-state index in [1.165, 1.54) is 12.1 Å². The number of hydrogen-bond acceptors (Lipinski definition) is 3. The minimum atomic E-state index is -0.505. The summed E-state index contributed by atoms with van der Waals surface area (Å²) in [5.74, 6) is 0. The van der Waals surface area contributed by atoms with E-state index >= 15 is 0 Å². The summed E-state index contributed by atoms with van der Waals surface area (Å²) >= 11 is 0. The molecule has 1 aromatic carbocycles. The predicted octanol–water partition coefficient (Wildman–Crippen LogP) is -0.00690. The molecule has 0 fully saturated rings. The topological polar surface area (TPSA) is 69.2 Å². The van der Waals surface area contributed by atoms with Crippen LogP contribution in [0.5, 0.6) is 0 Å². The van der Waals surface area contributed by atoms with Gasteiger partial charge in [0.15, 0.2) is 0 Å². The number of nitrogen functional groups attached to an aromatic ring is 1. The molecular weight excluding hydrogens is 143 g/mol. The standard InChI is InChI=1S/C6H6N2O2.BH3/c7-5-3-1-2-4-6(5)8(9)10;/h1-4H,7H2;1H3. The zero-order valence-electron chi connectivity index (χ0n) is 5.15. The third-order valence-electron chi connectivity index (χ3n) is 1.13. The molecule has 0 amide bonds. The predicted molar refractivity (Wildman–Crippen MR) is 47.4 cm³/mol. The first-order valence-corrected chi connectivity index (χ1v) is 2.70. The third kappa shape index (κ3) is 1.96. The summed E-state index contributed by atoms with van der Waals surface area (Å²) in [6, 6.07) is 6.10. The Labute approximate surface area is 65.7 Å². The van der Waals surface area contributed by atoms with E-state index in [1.807, 2.05) is 0 Å². The lowest BCUT2D eigenvalue weighted by molar-refractivity contribution is -0.383. The maximum atomic E-state index is 10.1. The highest BCUT2D eigenvalue weighted by Gasteiger charge is 2.07. The van der Waals surface area contributed by atoms with Crippen LogP contribution in [0.25, 0.3) is 0 Å². The molecule has 0 heterocycles. The Kier molecular flexibility index (Phi) is 3.11. The molecule has 0 aliphatic heterocycles. The van der Waals surface area contributed by atoms with Crippen molar-refractivity contribution in [3.63, 3.8) is 0 Å². The van der Waals surface area contributed by atoms with E-state index in [1.54, 1.807) is 12.1 Å². The first-order chi connectivity index (χ1) is 4.72. The van der Waals surface area contributed by atoms with Gasteiger partial charge < -0.3 is 5.73 Å². The number of benzene rings is 1. The second-order valence-corrected chi connectivity index (χ2v) is 1.82. The number of nitrogens with zero attached hydrogens (tertiary/aromatic N) is 1. The molecule has 0 atom stereocenters. The van der Waals surface area contributed by atoms with Gasteiger partial charge in [-0.25, -0.2) is 0 Å². The number of para-hydroxylation sites is 2. The minimum absolute atomic E-state index is 0. The van der Waals surface area contributed by atoms with E-state index in [9.17, 15) is 10.1 Å². The molecule has 0 saturated carbocycles. The van der Waals surface area contributed by atoms with Gasteiger partial charge in [-0.3, -0.25) is 10.1 Å². The number of nitrogens with two attached hydrogens (primary N) is 1. The maximum absolute atomic E-state index is 10.1. The smallest absolute Gasteiger partial charge is 0.292 e. The molecule has 0 saturated heterocycles. The molecule has 58 valence electrons. The third-order valence-corrected chi connectivity index (χ3v) is 1.13. The number of nitro benzene ring substituents is 1. The molecule has 1 rings (SSSR count). The lowest BCUT2D eigenvalue weighted by Crippen LogP contribution is -1.93. The Balaban J connectivity index is 0.000001000. The maximum Gasteiger partial charge on any atom is 0.292 e. The Hall–Kier alpha value is -1.52. The fraction of sp³-hybridized carbons (Fsp3) is 0. The van der Waals surface area contributed by atoms with E-state index in [-0.39, 0.29) is 19.8 Å². The van der Waals surface area contributed by atoms with Crippen molar-refractivity contribution >= 4 is 19.8 Å². The Bertz CT molecular complexity index is 265. The monoisotopic (exact) mass is 152 g/mol. The van der Waals surface area contributed by atoms with Crippen LogP contribution < -0.4 is 5.73 Å². The highest BCUT2D eigenvalue weighted by molar-refractivity contribution is 5.75. The molecule has 4 nitrogen and oxygen atoms in total. The number of anilines is 1. The summed E-state index contributed by atoms with van der Waals surface area (Å²) in [6.07, 6.45) is 0. The van der Waals surface area contributed by atoms with E-state index in [0.717, 1.165) is 0 Å². The average molecular weight is 152 g/mol. The van der Waals surface area contributed by atoms with Crippen molar-refractivity contribution in [3.05, 3.63) is 34.4 Å². The number of hydrogen-bond donors (Lipinski definition) is 1. The number of nitro groups is 1. The van der Waals surface area contributed by atoms with Crippen molar-refractivity contribution < 1.29 is 4.92 Å². The van der Waals surface area contributed by atoms with Gasteiger partial charge in [-0.15, -0.1) is 0 Å². The van der Waals surface area contributed by atoms with Gasteiger partial charge in [0.25, 0.3) is 5.69 Å². The van der Waals surface area contributed by atoms with Gasteiger partial charge in [0.1, 0.15) is 5.69 Å².